The minimum Gasteiger partial charge on any atom is -0.478 e. The molecule has 0 spiro atoms. The largest absolute Gasteiger partial charge is 0.478 e. The first-order valence-electron chi connectivity index (χ1n) is 7.17. The number of aromatic nitrogens is 2. The zero-order valence-electron chi connectivity index (χ0n) is 12.5. The van der Waals surface area contributed by atoms with Gasteiger partial charge in [0.05, 0.1) is 19.3 Å². The van der Waals surface area contributed by atoms with Crippen LogP contribution in [0.4, 0.5) is 8.78 Å². The highest BCUT2D eigenvalue weighted by Crippen LogP contribution is 2.41. The summed E-state index contributed by atoms with van der Waals surface area (Å²) >= 11 is 0. The standard InChI is InChI=1S/C14H13F2N3O4S/c1-18-12(4-5-17-18)24(20,21)19-6-10-11(7-19)23-14-9(16)3-2-8(15)13(14)22-10/h2-5,10-11H,6-7H2,1H3/t10-,11+. The summed E-state index contributed by atoms with van der Waals surface area (Å²) in [6.45, 7) is -0.0405. The Hall–Kier alpha value is -2.20. The van der Waals surface area contributed by atoms with Crippen LogP contribution < -0.4 is 9.47 Å². The van der Waals surface area contributed by atoms with E-state index in [1.54, 1.807) is 0 Å². The molecule has 1 saturated heterocycles. The van der Waals surface area contributed by atoms with Crippen molar-refractivity contribution in [3.8, 4) is 11.5 Å². The summed E-state index contributed by atoms with van der Waals surface area (Å²) in [5.74, 6) is -2.15. The Morgan fingerprint density at radius 1 is 1.08 bits per heavy atom. The maximum Gasteiger partial charge on any atom is 0.260 e. The molecule has 2 aliphatic heterocycles. The molecule has 24 heavy (non-hydrogen) atoms. The smallest absolute Gasteiger partial charge is 0.260 e. The minimum atomic E-state index is -3.81. The summed E-state index contributed by atoms with van der Waals surface area (Å²) in [5.41, 5.74) is 0. The van der Waals surface area contributed by atoms with Gasteiger partial charge in [0, 0.05) is 7.05 Å². The van der Waals surface area contributed by atoms with E-state index in [4.69, 9.17) is 9.47 Å². The Morgan fingerprint density at radius 2 is 1.62 bits per heavy atom. The van der Waals surface area contributed by atoms with Crippen molar-refractivity contribution in [2.45, 2.75) is 17.2 Å². The van der Waals surface area contributed by atoms with Crippen molar-refractivity contribution in [3.05, 3.63) is 36.0 Å². The number of benzene rings is 1. The van der Waals surface area contributed by atoms with Crippen LogP contribution in [0, 0.1) is 11.6 Å². The fourth-order valence-electron chi connectivity index (χ4n) is 2.92. The van der Waals surface area contributed by atoms with Crippen LogP contribution in [0.5, 0.6) is 11.5 Å². The fraction of sp³-hybridized carbons (Fsp3) is 0.357. The predicted molar refractivity (Wildman–Crippen MR) is 77.2 cm³/mol. The predicted octanol–water partition coefficient (Wildman–Crippen LogP) is 0.911. The number of hydrogen-bond donors (Lipinski definition) is 0. The van der Waals surface area contributed by atoms with E-state index >= 15 is 0 Å². The summed E-state index contributed by atoms with van der Waals surface area (Å²) in [4.78, 5) is 0. The van der Waals surface area contributed by atoms with Gasteiger partial charge in [0.15, 0.2) is 28.9 Å². The van der Waals surface area contributed by atoms with Crippen LogP contribution in [0.15, 0.2) is 29.4 Å². The van der Waals surface area contributed by atoms with Gasteiger partial charge in [0.2, 0.25) is 11.5 Å². The third-order valence-electron chi connectivity index (χ3n) is 4.12. The number of nitrogens with zero attached hydrogens (tertiary/aromatic N) is 3. The Balaban J connectivity index is 1.64. The lowest BCUT2D eigenvalue weighted by atomic mass is 10.2. The zero-order valence-corrected chi connectivity index (χ0v) is 13.3. The zero-order chi connectivity index (χ0) is 17.1. The molecule has 128 valence electrons. The molecule has 1 aromatic heterocycles. The number of sulfonamides is 1. The first-order valence-corrected chi connectivity index (χ1v) is 8.61. The maximum atomic E-state index is 13.8. The van der Waals surface area contributed by atoms with Crippen molar-refractivity contribution >= 4 is 10.0 Å². The van der Waals surface area contributed by atoms with Crippen LogP contribution in [0.2, 0.25) is 0 Å². The normalized spacial score (nSPS) is 23.3. The lowest BCUT2D eigenvalue weighted by Gasteiger charge is -2.28. The Bertz CT molecular complexity index is 876. The lowest BCUT2D eigenvalue weighted by molar-refractivity contribution is 0.0467. The second kappa shape index (κ2) is 5.15. The van der Waals surface area contributed by atoms with E-state index in [9.17, 15) is 17.2 Å². The molecular weight excluding hydrogens is 344 g/mol. The van der Waals surface area contributed by atoms with Crippen molar-refractivity contribution in [1.29, 1.82) is 0 Å². The highest BCUT2D eigenvalue weighted by atomic mass is 32.2. The molecule has 2 aromatic rings. The van der Waals surface area contributed by atoms with Crippen molar-refractivity contribution in [1.82, 2.24) is 14.1 Å². The van der Waals surface area contributed by atoms with E-state index in [-0.39, 0.29) is 29.6 Å². The van der Waals surface area contributed by atoms with Crippen LogP contribution in [0.1, 0.15) is 0 Å². The number of hydrogen-bond acceptors (Lipinski definition) is 5. The summed E-state index contributed by atoms with van der Waals surface area (Å²) in [5, 5.41) is 3.87. The molecule has 0 bridgehead atoms. The third-order valence-corrected chi connectivity index (χ3v) is 6.02. The van der Waals surface area contributed by atoms with Gasteiger partial charge in [-0.25, -0.2) is 17.2 Å². The van der Waals surface area contributed by atoms with Crippen LogP contribution in [0.3, 0.4) is 0 Å². The van der Waals surface area contributed by atoms with Gasteiger partial charge in [-0.3, -0.25) is 4.68 Å². The van der Waals surface area contributed by atoms with Crippen molar-refractivity contribution < 1.29 is 26.7 Å². The first kappa shape index (κ1) is 15.3. The molecule has 10 heteroatoms. The topological polar surface area (TPSA) is 73.7 Å². The molecular formula is C14H13F2N3O4S. The van der Waals surface area contributed by atoms with E-state index in [1.807, 2.05) is 0 Å². The van der Waals surface area contributed by atoms with Gasteiger partial charge in [-0.2, -0.15) is 9.40 Å². The van der Waals surface area contributed by atoms with E-state index in [2.05, 4.69) is 5.10 Å². The van der Waals surface area contributed by atoms with Crippen molar-refractivity contribution in [2.24, 2.45) is 7.05 Å². The molecule has 7 nitrogen and oxygen atoms in total. The molecule has 2 aliphatic rings. The van der Waals surface area contributed by atoms with E-state index in [0.29, 0.717) is 0 Å². The molecule has 1 fully saturated rings. The fourth-order valence-corrected chi connectivity index (χ4v) is 4.48. The minimum absolute atomic E-state index is 0.0203. The van der Waals surface area contributed by atoms with E-state index in [0.717, 1.165) is 12.1 Å². The van der Waals surface area contributed by atoms with Crippen LogP contribution in [-0.2, 0) is 17.1 Å². The Morgan fingerprint density at radius 3 is 2.08 bits per heavy atom. The van der Waals surface area contributed by atoms with Crippen LogP contribution in [0.25, 0.3) is 0 Å². The quantitative estimate of drug-likeness (QED) is 0.799. The highest BCUT2D eigenvalue weighted by Gasteiger charge is 2.46. The Kier molecular flexibility index (Phi) is 3.29. The summed E-state index contributed by atoms with van der Waals surface area (Å²) in [7, 11) is -2.29. The number of fused-ring (bicyclic) bond motifs is 2. The second-order valence-corrected chi connectivity index (χ2v) is 7.50. The summed E-state index contributed by atoms with van der Waals surface area (Å²) in [6.07, 6.45) is -0.0440. The summed E-state index contributed by atoms with van der Waals surface area (Å²) < 4.78 is 66.3. The second-order valence-electron chi connectivity index (χ2n) is 5.62. The lowest BCUT2D eigenvalue weighted by Crippen LogP contribution is -2.39. The molecule has 0 N–H and O–H groups in total. The average Bonchev–Trinajstić information content (AvgIpc) is 3.16. The molecule has 0 aliphatic carbocycles. The molecule has 0 unspecified atom stereocenters. The van der Waals surface area contributed by atoms with Crippen LogP contribution in [-0.4, -0.2) is 47.8 Å². The molecule has 0 radical (unpaired) electrons. The molecule has 4 rings (SSSR count). The molecule has 0 saturated carbocycles. The highest BCUT2D eigenvalue weighted by molar-refractivity contribution is 7.89. The number of aryl methyl sites for hydroxylation is 1. The van der Waals surface area contributed by atoms with E-state index in [1.165, 1.54) is 28.3 Å². The molecule has 2 atom stereocenters. The summed E-state index contributed by atoms with van der Waals surface area (Å²) in [6, 6.07) is 3.26. The number of rotatable bonds is 2. The van der Waals surface area contributed by atoms with Gasteiger partial charge >= 0.3 is 0 Å². The first-order chi connectivity index (χ1) is 11.4. The molecule has 0 amide bonds. The van der Waals surface area contributed by atoms with Gasteiger partial charge in [0.25, 0.3) is 10.0 Å². The average molecular weight is 357 g/mol. The van der Waals surface area contributed by atoms with Gasteiger partial charge in [-0.05, 0) is 18.2 Å². The van der Waals surface area contributed by atoms with Gasteiger partial charge in [-0.15, -0.1) is 0 Å². The van der Waals surface area contributed by atoms with Gasteiger partial charge in [-0.1, -0.05) is 0 Å². The maximum absolute atomic E-state index is 13.8. The van der Waals surface area contributed by atoms with Crippen LogP contribution >= 0.6 is 0 Å². The molecule has 3 heterocycles. The van der Waals surface area contributed by atoms with Crippen molar-refractivity contribution in [2.75, 3.05) is 13.1 Å². The van der Waals surface area contributed by atoms with Gasteiger partial charge in [0.1, 0.15) is 0 Å². The molecule has 1 aromatic carbocycles. The van der Waals surface area contributed by atoms with Gasteiger partial charge < -0.3 is 9.47 Å². The SMILES string of the molecule is Cn1nccc1S(=O)(=O)N1C[C@@H]2Oc3c(F)ccc(F)c3O[C@@H]2C1. The monoisotopic (exact) mass is 357 g/mol. The third kappa shape index (κ3) is 2.17. The van der Waals surface area contributed by atoms with Crippen molar-refractivity contribution in [3.63, 3.8) is 0 Å². The Labute approximate surface area is 136 Å². The van der Waals surface area contributed by atoms with E-state index < -0.39 is 33.9 Å². The number of ether oxygens (including phenoxy) is 2. The number of halogens is 2.